The maximum absolute atomic E-state index is 9.68. The number of alkyl halides is 2. The molecule has 0 radical (unpaired) electrons. The number of phenolic OH excluding ortho intramolecular Hbond substituents is 2. The third-order valence-corrected chi connectivity index (χ3v) is 7.33. The summed E-state index contributed by atoms with van der Waals surface area (Å²) in [7, 11) is 0. The fourth-order valence-corrected chi connectivity index (χ4v) is 6.32. The molecule has 1 spiro atoms. The van der Waals surface area contributed by atoms with E-state index in [-0.39, 0.29) is 16.9 Å². The predicted molar refractivity (Wildman–Crippen MR) is 96.9 cm³/mol. The Morgan fingerprint density at radius 1 is 0.667 bits per heavy atom. The van der Waals surface area contributed by atoms with Gasteiger partial charge in [-0.2, -0.15) is 0 Å². The van der Waals surface area contributed by atoms with E-state index >= 15 is 0 Å². The van der Waals surface area contributed by atoms with Crippen LogP contribution in [-0.2, 0) is 5.41 Å². The predicted octanol–water partition coefficient (Wildman–Crippen LogP) is 5.52. The minimum Gasteiger partial charge on any atom is -0.508 e. The van der Waals surface area contributed by atoms with Crippen molar-refractivity contribution in [1.82, 2.24) is 0 Å². The molecule has 0 heterocycles. The fraction of sp³-hybridized carbons (Fsp3) is 0.400. The van der Waals surface area contributed by atoms with E-state index in [9.17, 15) is 10.2 Å². The maximum atomic E-state index is 9.68. The molecule has 0 aromatic heterocycles. The van der Waals surface area contributed by atoms with Crippen molar-refractivity contribution in [3.8, 4) is 11.5 Å². The zero-order chi connectivity index (χ0) is 17.0. The van der Waals surface area contributed by atoms with Gasteiger partial charge in [-0.05, 0) is 48.2 Å². The average Bonchev–Trinajstić information content (AvgIpc) is 2.99. The summed E-state index contributed by atoms with van der Waals surface area (Å²) in [6.07, 6.45) is 5.44. The summed E-state index contributed by atoms with van der Waals surface area (Å²) in [5.41, 5.74) is 1.34. The van der Waals surface area contributed by atoms with E-state index in [1.807, 2.05) is 24.3 Å². The Hall–Kier alpha value is -1.38. The number of benzene rings is 2. The van der Waals surface area contributed by atoms with E-state index in [1.54, 1.807) is 24.3 Å². The Balaban J connectivity index is 1.94. The van der Waals surface area contributed by atoms with E-state index in [0.29, 0.717) is 0 Å². The van der Waals surface area contributed by atoms with Gasteiger partial charge < -0.3 is 10.2 Å². The highest BCUT2D eigenvalue weighted by molar-refractivity contribution is 6.53. The van der Waals surface area contributed by atoms with E-state index in [4.69, 9.17) is 23.2 Å². The summed E-state index contributed by atoms with van der Waals surface area (Å²) in [6.45, 7) is 0. The number of aromatic hydroxyl groups is 2. The van der Waals surface area contributed by atoms with Crippen molar-refractivity contribution in [3.05, 3.63) is 59.7 Å². The number of hydrogen-bond acceptors (Lipinski definition) is 2. The van der Waals surface area contributed by atoms with Crippen LogP contribution in [0.2, 0.25) is 0 Å². The summed E-state index contributed by atoms with van der Waals surface area (Å²) < 4.78 is -0.894. The van der Waals surface area contributed by atoms with Crippen LogP contribution in [0.25, 0.3) is 0 Å². The van der Waals surface area contributed by atoms with Crippen LogP contribution in [0, 0.1) is 5.41 Å². The van der Waals surface area contributed by atoms with E-state index < -0.39 is 9.75 Å². The highest BCUT2D eigenvalue weighted by atomic mass is 35.5. The highest BCUT2D eigenvalue weighted by Crippen LogP contribution is 2.84. The standard InChI is InChI=1S/C20H20Cl2O2/c21-20(22)18(12-2-1-3-13-18)19(20,14-4-8-16(23)9-5-14)15-6-10-17(24)11-7-15/h4-11,23-24H,1-3,12-13H2. The molecule has 2 N–H and O–H groups in total. The van der Waals surface area contributed by atoms with Gasteiger partial charge in [-0.1, -0.05) is 66.7 Å². The first-order valence-electron chi connectivity index (χ1n) is 8.43. The topological polar surface area (TPSA) is 40.5 Å². The van der Waals surface area contributed by atoms with Crippen LogP contribution in [0.3, 0.4) is 0 Å². The van der Waals surface area contributed by atoms with Crippen LogP contribution in [0.5, 0.6) is 11.5 Å². The largest absolute Gasteiger partial charge is 0.508 e. The Labute approximate surface area is 152 Å². The number of hydrogen-bond donors (Lipinski definition) is 2. The van der Waals surface area contributed by atoms with E-state index in [0.717, 1.165) is 36.8 Å². The van der Waals surface area contributed by atoms with Crippen LogP contribution in [-0.4, -0.2) is 14.5 Å². The Morgan fingerprint density at radius 3 is 1.50 bits per heavy atom. The molecule has 4 heteroatoms. The van der Waals surface area contributed by atoms with Crippen LogP contribution in [0.4, 0.5) is 0 Å². The van der Waals surface area contributed by atoms with Gasteiger partial charge >= 0.3 is 0 Å². The molecule has 0 aliphatic heterocycles. The maximum Gasteiger partial charge on any atom is 0.139 e. The zero-order valence-electron chi connectivity index (χ0n) is 13.3. The zero-order valence-corrected chi connectivity index (χ0v) is 14.8. The molecule has 2 aromatic carbocycles. The first-order chi connectivity index (χ1) is 11.5. The highest BCUT2D eigenvalue weighted by Gasteiger charge is 2.86. The molecule has 24 heavy (non-hydrogen) atoms. The molecule has 0 amide bonds. The molecular weight excluding hydrogens is 343 g/mol. The molecule has 126 valence electrons. The lowest BCUT2D eigenvalue weighted by atomic mass is 9.73. The van der Waals surface area contributed by atoms with Gasteiger partial charge in [-0.25, -0.2) is 0 Å². The third-order valence-electron chi connectivity index (χ3n) is 6.04. The first-order valence-corrected chi connectivity index (χ1v) is 9.18. The summed E-state index contributed by atoms with van der Waals surface area (Å²) in [6, 6.07) is 14.4. The SMILES string of the molecule is Oc1ccc(C2(c3ccc(O)cc3)C(Cl)(Cl)C23CCCCC3)cc1. The van der Waals surface area contributed by atoms with Crippen molar-refractivity contribution in [2.45, 2.75) is 41.9 Å². The summed E-state index contributed by atoms with van der Waals surface area (Å²) in [5.74, 6) is 0.459. The van der Waals surface area contributed by atoms with Crippen molar-refractivity contribution in [2.24, 2.45) is 5.41 Å². The van der Waals surface area contributed by atoms with Gasteiger partial charge in [-0.15, -0.1) is 0 Å². The molecule has 4 rings (SSSR count). The molecule has 2 aliphatic rings. The molecule has 2 fully saturated rings. The number of rotatable bonds is 2. The van der Waals surface area contributed by atoms with Crippen LogP contribution in [0.1, 0.15) is 43.2 Å². The number of phenols is 2. The molecule has 2 aliphatic carbocycles. The second-order valence-corrected chi connectivity index (χ2v) is 8.39. The molecule has 2 aromatic rings. The van der Waals surface area contributed by atoms with Crippen molar-refractivity contribution >= 4 is 23.2 Å². The van der Waals surface area contributed by atoms with Crippen LogP contribution in [0.15, 0.2) is 48.5 Å². The van der Waals surface area contributed by atoms with E-state index in [1.165, 1.54) is 6.42 Å². The van der Waals surface area contributed by atoms with E-state index in [2.05, 4.69) is 0 Å². The molecule has 0 saturated heterocycles. The van der Waals surface area contributed by atoms with Gasteiger partial charge in [0.2, 0.25) is 0 Å². The van der Waals surface area contributed by atoms with Gasteiger partial charge in [0.25, 0.3) is 0 Å². The molecular formula is C20H20Cl2O2. The Kier molecular flexibility index (Phi) is 3.56. The van der Waals surface area contributed by atoms with Crippen molar-refractivity contribution in [1.29, 1.82) is 0 Å². The lowest BCUT2D eigenvalue weighted by molar-refractivity contribution is 0.301. The average molecular weight is 363 g/mol. The lowest BCUT2D eigenvalue weighted by Gasteiger charge is -2.29. The fourth-order valence-electron chi connectivity index (χ4n) is 4.95. The second-order valence-electron chi connectivity index (χ2n) is 7.06. The lowest BCUT2D eigenvalue weighted by Crippen LogP contribution is -2.22. The summed E-state index contributed by atoms with van der Waals surface area (Å²) in [5, 5.41) is 19.4. The van der Waals surface area contributed by atoms with Crippen molar-refractivity contribution < 1.29 is 10.2 Å². The first kappa shape index (κ1) is 16.1. The molecule has 0 bridgehead atoms. The minimum absolute atomic E-state index is 0.199. The monoisotopic (exact) mass is 362 g/mol. The van der Waals surface area contributed by atoms with Crippen molar-refractivity contribution in [3.63, 3.8) is 0 Å². The van der Waals surface area contributed by atoms with Crippen LogP contribution < -0.4 is 0 Å². The second kappa shape index (κ2) is 5.31. The summed E-state index contributed by atoms with van der Waals surface area (Å²) in [4.78, 5) is 0. The Bertz CT molecular complexity index is 699. The van der Waals surface area contributed by atoms with Crippen molar-refractivity contribution in [2.75, 3.05) is 0 Å². The molecule has 0 atom stereocenters. The van der Waals surface area contributed by atoms with Gasteiger partial charge in [0, 0.05) is 5.41 Å². The smallest absolute Gasteiger partial charge is 0.139 e. The quantitative estimate of drug-likeness (QED) is 0.690. The summed E-state index contributed by atoms with van der Waals surface area (Å²) >= 11 is 14.0. The Morgan fingerprint density at radius 2 is 1.08 bits per heavy atom. The normalized spacial score (nSPS) is 23.1. The molecule has 0 unspecified atom stereocenters. The van der Waals surface area contributed by atoms with Gasteiger partial charge in [0.15, 0.2) is 0 Å². The third kappa shape index (κ3) is 1.84. The van der Waals surface area contributed by atoms with Crippen LogP contribution >= 0.6 is 23.2 Å². The van der Waals surface area contributed by atoms with Gasteiger partial charge in [0.05, 0.1) is 5.41 Å². The number of halogens is 2. The minimum atomic E-state index is -0.894. The van der Waals surface area contributed by atoms with Gasteiger partial charge in [0.1, 0.15) is 15.8 Å². The van der Waals surface area contributed by atoms with Gasteiger partial charge in [-0.3, -0.25) is 0 Å². The molecule has 2 saturated carbocycles. The molecule has 2 nitrogen and oxygen atoms in total.